The summed E-state index contributed by atoms with van der Waals surface area (Å²) in [6, 6.07) is 9.50. The van der Waals surface area contributed by atoms with Crippen LogP contribution in [0.1, 0.15) is 21.7 Å². The summed E-state index contributed by atoms with van der Waals surface area (Å²) in [6.07, 6.45) is 1.59. The first-order valence-electron chi connectivity index (χ1n) is 6.19. The lowest BCUT2D eigenvalue weighted by Gasteiger charge is -2.11. The first kappa shape index (κ1) is 13.8. The van der Waals surface area contributed by atoms with Crippen LogP contribution < -0.4 is 10.3 Å². The first-order chi connectivity index (χ1) is 9.56. The molecule has 0 atom stereocenters. The van der Waals surface area contributed by atoms with Crippen molar-refractivity contribution in [3.8, 4) is 0 Å². The van der Waals surface area contributed by atoms with Crippen molar-refractivity contribution in [3.05, 3.63) is 47.3 Å². The number of hydrogen-bond donors (Lipinski definition) is 2. The van der Waals surface area contributed by atoms with Crippen LogP contribution in [0.4, 0.5) is 5.69 Å². The third-order valence-corrected chi connectivity index (χ3v) is 2.73. The molecular weight excluding hydrogens is 254 g/mol. The van der Waals surface area contributed by atoms with Crippen molar-refractivity contribution in [2.75, 3.05) is 19.0 Å². The summed E-state index contributed by atoms with van der Waals surface area (Å²) >= 11 is 0. The number of rotatable bonds is 4. The lowest BCUT2D eigenvalue weighted by atomic mass is 10.2. The van der Waals surface area contributed by atoms with E-state index in [1.807, 2.05) is 50.2 Å². The van der Waals surface area contributed by atoms with Crippen LogP contribution in [0.25, 0.3) is 0 Å². The van der Waals surface area contributed by atoms with Crippen LogP contribution >= 0.6 is 0 Å². The van der Waals surface area contributed by atoms with E-state index >= 15 is 0 Å². The van der Waals surface area contributed by atoms with Crippen molar-refractivity contribution in [1.82, 2.24) is 15.6 Å². The van der Waals surface area contributed by atoms with E-state index in [-0.39, 0.29) is 5.91 Å². The number of H-pyrrole nitrogens is 1. The van der Waals surface area contributed by atoms with Gasteiger partial charge in [0.15, 0.2) is 5.69 Å². The summed E-state index contributed by atoms with van der Waals surface area (Å²) in [6.45, 7) is 1.83. The Balaban J connectivity index is 1.94. The fourth-order valence-electron chi connectivity index (χ4n) is 1.62. The third kappa shape index (κ3) is 3.44. The number of aromatic nitrogens is 2. The molecule has 0 aliphatic rings. The molecule has 2 aromatic rings. The van der Waals surface area contributed by atoms with E-state index in [0.29, 0.717) is 5.69 Å². The molecule has 0 bridgehead atoms. The molecular formula is C14H17N5O. The maximum absolute atomic E-state index is 11.7. The van der Waals surface area contributed by atoms with Crippen molar-refractivity contribution in [3.63, 3.8) is 0 Å². The van der Waals surface area contributed by atoms with Crippen molar-refractivity contribution in [1.29, 1.82) is 0 Å². The lowest BCUT2D eigenvalue weighted by Crippen LogP contribution is -2.18. The van der Waals surface area contributed by atoms with Crippen LogP contribution in [0.15, 0.2) is 35.4 Å². The molecule has 0 fully saturated rings. The Bertz CT molecular complexity index is 613. The molecule has 104 valence electrons. The van der Waals surface area contributed by atoms with Gasteiger partial charge in [-0.1, -0.05) is 12.1 Å². The molecule has 1 amide bonds. The van der Waals surface area contributed by atoms with Gasteiger partial charge in [0.1, 0.15) is 0 Å². The molecule has 1 heterocycles. The van der Waals surface area contributed by atoms with E-state index in [2.05, 4.69) is 20.7 Å². The Morgan fingerprint density at radius 2 is 2.05 bits per heavy atom. The first-order valence-corrected chi connectivity index (χ1v) is 6.19. The highest BCUT2D eigenvalue weighted by Gasteiger charge is 2.07. The van der Waals surface area contributed by atoms with Crippen molar-refractivity contribution < 1.29 is 4.79 Å². The molecule has 20 heavy (non-hydrogen) atoms. The molecule has 0 saturated heterocycles. The standard InChI is InChI=1S/C14H17N5O/c1-10-8-13(17-16-10)14(20)18-15-9-11-4-6-12(7-5-11)19(2)3/h4-9H,1-3H3,(H,16,17)(H,18,20)/b15-9+. The number of carbonyl (C=O) groups is 1. The largest absolute Gasteiger partial charge is 0.378 e. The topological polar surface area (TPSA) is 73.4 Å². The predicted molar refractivity (Wildman–Crippen MR) is 79.2 cm³/mol. The number of aryl methyl sites for hydroxylation is 1. The van der Waals surface area contributed by atoms with E-state index in [4.69, 9.17) is 0 Å². The van der Waals surface area contributed by atoms with Crippen LogP contribution in [0, 0.1) is 6.92 Å². The van der Waals surface area contributed by atoms with Crippen LogP contribution in [0.3, 0.4) is 0 Å². The van der Waals surface area contributed by atoms with Crippen molar-refractivity contribution >= 4 is 17.8 Å². The molecule has 2 N–H and O–H groups in total. The highest BCUT2D eigenvalue weighted by Crippen LogP contribution is 2.10. The number of nitrogens with zero attached hydrogens (tertiary/aromatic N) is 3. The lowest BCUT2D eigenvalue weighted by molar-refractivity contribution is 0.0950. The van der Waals surface area contributed by atoms with Gasteiger partial charge in [-0.3, -0.25) is 9.89 Å². The second-order valence-electron chi connectivity index (χ2n) is 4.62. The molecule has 0 radical (unpaired) electrons. The zero-order valence-corrected chi connectivity index (χ0v) is 11.7. The monoisotopic (exact) mass is 271 g/mol. The molecule has 1 aromatic heterocycles. The van der Waals surface area contributed by atoms with Gasteiger partial charge in [-0.25, -0.2) is 5.43 Å². The smallest absolute Gasteiger partial charge is 0.291 e. The normalized spacial score (nSPS) is 10.8. The van der Waals surface area contributed by atoms with Crippen LogP contribution in [0.5, 0.6) is 0 Å². The Hall–Kier alpha value is -2.63. The minimum Gasteiger partial charge on any atom is -0.378 e. The number of nitrogens with one attached hydrogen (secondary N) is 2. The SMILES string of the molecule is Cc1cc(C(=O)N/N=C/c2ccc(N(C)C)cc2)n[nH]1. The van der Waals surface area contributed by atoms with Gasteiger partial charge in [-0.2, -0.15) is 10.2 Å². The van der Waals surface area contributed by atoms with Gasteiger partial charge < -0.3 is 4.90 Å². The minimum atomic E-state index is -0.337. The van der Waals surface area contributed by atoms with Crippen LogP contribution in [0.2, 0.25) is 0 Å². The van der Waals surface area contributed by atoms with Gasteiger partial charge >= 0.3 is 0 Å². The second kappa shape index (κ2) is 6.01. The fourth-order valence-corrected chi connectivity index (χ4v) is 1.62. The maximum Gasteiger partial charge on any atom is 0.291 e. The summed E-state index contributed by atoms with van der Waals surface area (Å²) in [5, 5.41) is 10.5. The molecule has 1 aromatic carbocycles. The number of carbonyl (C=O) groups excluding carboxylic acids is 1. The van der Waals surface area contributed by atoms with Gasteiger partial charge in [-0.05, 0) is 30.7 Å². The Kier molecular flexibility index (Phi) is 4.14. The Labute approximate surface area is 117 Å². The highest BCUT2D eigenvalue weighted by molar-refractivity contribution is 5.93. The summed E-state index contributed by atoms with van der Waals surface area (Å²) in [7, 11) is 3.96. The number of anilines is 1. The van der Waals surface area contributed by atoms with Gasteiger partial charge in [0, 0.05) is 25.5 Å². The van der Waals surface area contributed by atoms with Gasteiger partial charge in [0.25, 0.3) is 5.91 Å². The van der Waals surface area contributed by atoms with E-state index < -0.39 is 0 Å². The number of hydrogen-bond acceptors (Lipinski definition) is 4. The summed E-state index contributed by atoms with van der Waals surface area (Å²) < 4.78 is 0. The second-order valence-corrected chi connectivity index (χ2v) is 4.62. The molecule has 2 rings (SSSR count). The maximum atomic E-state index is 11.7. The molecule has 0 unspecified atom stereocenters. The van der Waals surface area contributed by atoms with Crippen molar-refractivity contribution in [2.24, 2.45) is 5.10 Å². The van der Waals surface area contributed by atoms with E-state index in [9.17, 15) is 4.79 Å². The number of benzene rings is 1. The molecule has 0 aliphatic heterocycles. The molecule has 6 heteroatoms. The zero-order valence-electron chi connectivity index (χ0n) is 11.7. The average Bonchev–Trinajstić information content (AvgIpc) is 2.86. The molecule has 0 saturated carbocycles. The van der Waals surface area contributed by atoms with Gasteiger partial charge in [0.05, 0.1) is 6.21 Å². The van der Waals surface area contributed by atoms with E-state index in [0.717, 1.165) is 16.9 Å². The third-order valence-electron chi connectivity index (χ3n) is 2.73. The summed E-state index contributed by atoms with van der Waals surface area (Å²) in [5.41, 5.74) is 5.61. The van der Waals surface area contributed by atoms with Gasteiger partial charge in [0.2, 0.25) is 0 Å². The van der Waals surface area contributed by atoms with Gasteiger partial charge in [-0.15, -0.1) is 0 Å². The van der Waals surface area contributed by atoms with E-state index in [1.54, 1.807) is 12.3 Å². The highest BCUT2D eigenvalue weighted by atomic mass is 16.2. The zero-order chi connectivity index (χ0) is 14.5. The van der Waals surface area contributed by atoms with Crippen molar-refractivity contribution in [2.45, 2.75) is 6.92 Å². The summed E-state index contributed by atoms with van der Waals surface area (Å²) in [5.74, 6) is -0.337. The Morgan fingerprint density at radius 1 is 1.35 bits per heavy atom. The Morgan fingerprint density at radius 3 is 2.60 bits per heavy atom. The molecule has 0 aliphatic carbocycles. The molecule has 0 spiro atoms. The number of amides is 1. The summed E-state index contributed by atoms with van der Waals surface area (Å²) in [4.78, 5) is 13.7. The van der Waals surface area contributed by atoms with E-state index in [1.165, 1.54) is 0 Å². The van der Waals surface area contributed by atoms with Crippen LogP contribution in [-0.4, -0.2) is 36.4 Å². The average molecular weight is 271 g/mol. The quantitative estimate of drug-likeness (QED) is 0.654. The molecule has 6 nitrogen and oxygen atoms in total. The predicted octanol–water partition coefficient (Wildman–Crippen LogP) is 1.55. The van der Waals surface area contributed by atoms with Crippen LogP contribution in [-0.2, 0) is 0 Å². The number of aromatic amines is 1. The fraction of sp³-hybridized carbons (Fsp3) is 0.214. The number of hydrazone groups is 1. The minimum absolute atomic E-state index is 0.322.